The van der Waals surface area contributed by atoms with Crippen molar-refractivity contribution in [2.24, 2.45) is 0 Å². The van der Waals surface area contributed by atoms with Crippen LogP contribution in [0.15, 0.2) is 4.79 Å². The predicted molar refractivity (Wildman–Crippen MR) is 63.0 cm³/mol. The van der Waals surface area contributed by atoms with Crippen molar-refractivity contribution in [3.63, 3.8) is 0 Å². The van der Waals surface area contributed by atoms with E-state index in [9.17, 15) is 9.59 Å². The van der Waals surface area contributed by atoms with Gasteiger partial charge in [-0.25, -0.2) is 5.10 Å². The molecule has 0 unspecified atom stereocenters. The fraction of sp³-hybridized carbons (Fsp3) is 0.545. The quantitative estimate of drug-likeness (QED) is 0.683. The molecule has 6 nitrogen and oxygen atoms in total. The maximum atomic E-state index is 11.9. The molecule has 94 valence electrons. The van der Waals surface area contributed by atoms with Gasteiger partial charge in [0.05, 0.1) is 18.3 Å². The molecule has 3 N–H and O–H groups in total. The second-order valence-corrected chi connectivity index (χ2v) is 3.90. The van der Waals surface area contributed by atoms with Gasteiger partial charge in [-0.2, -0.15) is 5.10 Å². The molecular weight excluding hydrogens is 222 g/mol. The lowest BCUT2D eigenvalue weighted by Crippen LogP contribution is -2.40. The third-order valence-corrected chi connectivity index (χ3v) is 2.75. The summed E-state index contributed by atoms with van der Waals surface area (Å²) >= 11 is 0. The summed E-state index contributed by atoms with van der Waals surface area (Å²) in [5.41, 5.74) is 0.702. The van der Waals surface area contributed by atoms with E-state index >= 15 is 0 Å². The normalized spacial score (nSPS) is 12.2. The summed E-state index contributed by atoms with van der Waals surface area (Å²) in [7, 11) is 0. The van der Waals surface area contributed by atoms with Gasteiger partial charge < -0.3 is 10.4 Å². The lowest BCUT2D eigenvalue weighted by molar-refractivity contribution is 0.0912. The number of aliphatic hydroxyl groups is 1. The molecule has 0 spiro atoms. The molecule has 1 amide bonds. The summed E-state index contributed by atoms with van der Waals surface area (Å²) in [6.07, 6.45) is 0.600. The Morgan fingerprint density at radius 1 is 1.53 bits per heavy atom. The van der Waals surface area contributed by atoms with E-state index in [-0.39, 0.29) is 18.2 Å². The van der Waals surface area contributed by atoms with E-state index in [0.29, 0.717) is 17.7 Å². The number of hydrogen-bond acceptors (Lipinski definition) is 4. The third-order valence-electron chi connectivity index (χ3n) is 2.75. The molecule has 0 aromatic carbocycles. The number of aromatic nitrogens is 2. The van der Waals surface area contributed by atoms with E-state index in [1.165, 1.54) is 0 Å². The Hall–Kier alpha value is -1.69. The first-order valence-electron chi connectivity index (χ1n) is 5.48. The van der Waals surface area contributed by atoms with Crippen molar-refractivity contribution in [2.75, 3.05) is 6.61 Å². The Bertz CT molecular complexity index is 464. The highest BCUT2D eigenvalue weighted by atomic mass is 16.3. The summed E-state index contributed by atoms with van der Waals surface area (Å²) in [5, 5.41) is 17.7. The van der Waals surface area contributed by atoms with Crippen molar-refractivity contribution in [1.82, 2.24) is 15.5 Å². The van der Waals surface area contributed by atoms with Gasteiger partial charge in [0.15, 0.2) is 0 Å². The van der Waals surface area contributed by atoms with Crippen LogP contribution in [0, 0.1) is 13.8 Å². The molecular formula is C11H17N3O3. The number of aliphatic hydroxyl groups excluding tert-OH is 1. The summed E-state index contributed by atoms with van der Waals surface area (Å²) in [6, 6.07) is -0.338. The lowest BCUT2D eigenvalue weighted by atomic mass is 10.1. The number of amides is 1. The number of carbonyl (C=O) groups is 1. The minimum absolute atomic E-state index is 0.0596. The Kier molecular flexibility index (Phi) is 4.39. The third kappa shape index (κ3) is 2.91. The Balaban J connectivity index is 3.04. The van der Waals surface area contributed by atoms with Gasteiger partial charge in [0.1, 0.15) is 5.56 Å². The fourth-order valence-electron chi connectivity index (χ4n) is 1.43. The van der Waals surface area contributed by atoms with Crippen molar-refractivity contribution in [3.8, 4) is 0 Å². The van der Waals surface area contributed by atoms with Crippen LogP contribution in [0.25, 0.3) is 0 Å². The van der Waals surface area contributed by atoms with Crippen LogP contribution in [0.1, 0.15) is 35.0 Å². The molecule has 1 aromatic rings. The number of rotatable bonds is 4. The molecule has 0 saturated heterocycles. The molecule has 6 heteroatoms. The van der Waals surface area contributed by atoms with Gasteiger partial charge >= 0.3 is 0 Å². The second-order valence-electron chi connectivity index (χ2n) is 3.90. The lowest BCUT2D eigenvalue weighted by Gasteiger charge is -2.14. The van der Waals surface area contributed by atoms with Gasteiger partial charge in [-0.3, -0.25) is 9.59 Å². The standard InChI is InChI=1S/C11H17N3O3/c1-4-8(5-15)12-10(16)9-6(2)7(3)13-14-11(9)17/h8,15H,4-5H2,1-3H3,(H,12,16)(H,14,17)/t8-/m0/s1. The first-order chi connectivity index (χ1) is 8.01. The van der Waals surface area contributed by atoms with Crippen LogP contribution in [0.5, 0.6) is 0 Å². The van der Waals surface area contributed by atoms with Gasteiger partial charge in [-0.05, 0) is 25.8 Å². The van der Waals surface area contributed by atoms with E-state index in [1.807, 2.05) is 6.92 Å². The van der Waals surface area contributed by atoms with Crippen LogP contribution in [0.2, 0.25) is 0 Å². The van der Waals surface area contributed by atoms with Crippen LogP contribution in [-0.2, 0) is 0 Å². The zero-order valence-electron chi connectivity index (χ0n) is 10.2. The summed E-state index contributed by atoms with van der Waals surface area (Å²) in [6.45, 7) is 5.08. The molecule has 0 aliphatic carbocycles. The summed E-state index contributed by atoms with van der Waals surface area (Å²) < 4.78 is 0. The SMILES string of the molecule is CC[C@@H](CO)NC(=O)c1c(C)c(C)n[nH]c1=O. The van der Waals surface area contributed by atoms with Crippen molar-refractivity contribution >= 4 is 5.91 Å². The predicted octanol–water partition coefficient (Wildman–Crippen LogP) is -0.113. The first kappa shape index (κ1) is 13.4. The average molecular weight is 239 g/mol. The number of aryl methyl sites for hydroxylation is 1. The highest BCUT2D eigenvalue weighted by Crippen LogP contribution is 2.05. The van der Waals surface area contributed by atoms with Crippen molar-refractivity contribution in [3.05, 3.63) is 27.2 Å². The number of hydrogen-bond donors (Lipinski definition) is 3. The molecule has 0 bridgehead atoms. The molecule has 0 saturated carbocycles. The summed E-state index contributed by atoms with van der Waals surface area (Å²) in [4.78, 5) is 23.4. The molecule has 1 aromatic heterocycles. The van der Waals surface area contributed by atoms with Gasteiger partial charge in [-0.1, -0.05) is 6.92 Å². The number of carbonyl (C=O) groups excluding carboxylic acids is 1. The monoisotopic (exact) mass is 239 g/mol. The molecule has 0 fully saturated rings. The first-order valence-corrected chi connectivity index (χ1v) is 5.48. The Morgan fingerprint density at radius 3 is 2.71 bits per heavy atom. The zero-order chi connectivity index (χ0) is 13.0. The van der Waals surface area contributed by atoms with Gasteiger partial charge in [-0.15, -0.1) is 0 Å². The molecule has 1 rings (SSSR count). The number of aromatic amines is 1. The maximum Gasteiger partial charge on any atom is 0.277 e. The molecule has 1 heterocycles. The van der Waals surface area contributed by atoms with E-state index in [2.05, 4.69) is 15.5 Å². The van der Waals surface area contributed by atoms with Gasteiger partial charge in [0, 0.05) is 0 Å². The van der Waals surface area contributed by atoms with E-state index in [1.54, 1.807) is 13.8 Å². The minimum Gasteiger partial charge on any atom is -0.394 e. The van der Waals surface area contributed by atoms with Crippen LogP contribution < -0.4 is 10.9 Å². The fourth-order valence-corrected chi connectivity index (χ4v) is 1.43. The largest absolute Gasteiger partial charge is 0.394 e. The second kappa shape index (κ2) is 5.58. The minimum atomic E-state index is -0.515. The smallest absolute Gasteiger partial charge is 0.277 e. The Morgan fingerprint density at radius 2 is 2.18 bits per heavy atom. The summed E-state index contributed by atoms with van der Waals surface area (Å²) in [5.74, 6) is -0.477. The van der Waals surface area contributed by atoms with E-state index in [0.717, 1.165) is 0 Å². The molecule has 17 heavy (non-hydrogen) atoms. The highest BCUT2D eigenvalue weighted by molar-refractivity contribution is 5.95. The van der Waals surface area contributed by atoms with E-state index in [4.69, 9.17) is 5.11 Å². The Labute approximate surface area is 99.1 Å². The highest BCUT2D eigenvalue weighted by Gasteiger charge is 2.18. The van der Waals surface area contributed by atoms with Crippen LogP contribution in [0.3, 0.4) is 0 Å². The van der Waals surface area contributed by atoms with Gasteiger partial charge in [0.25, 0.3) is 11.5 Å². The van der Waals surface area contributed by atoms with Crippen LogP contribution in [-0.4, -0.2) is 33.9 Å². The van der Waals surface area contributed by atoms with Crippen molar-refractivity contribution in [1.29, 1.82) is 0 Å². The average Bonchev–Trinajstić information content (AvgIpc) is 2.31. The zero-order valence-corrected chi connectivity index (χ0v) is 10.2. The number of nitrogens with zero attached hydrogens (tertiary/aromatic N) is 1. The topological polar surface area (TPSA) is 95.1 Å². The van der Waals surface area contributed by atoms with E-state index < -0.39 is 11.5 Å². The molecule has 0 aliphatic rings. The maximum absolute atomic E-state index is 11.9. The number of H-pyrrole nitrogens is 1. The molecule has 0 radical (unpaired) electrons. The van der Waals surface area contributed by atoms with Crippen molar-refractivity contribution < 1.29 is 9.90 Å². The van der Waals surface area contributed by atoms with Gasteiger partial charge in [0.2, 0.25) is 0 Å². The molecule has 1 atom stereocenters. The number of nitrogens with one attached hydrogen (secondary N) is 2. The molecule has 0 aliphatic heterocycles. The van der Waals surface area contributed by atoms with Crippen LogP contribution in [0.4, 0.5) is 0 Å². The van der Waals surface area contributed by atoms with Crippen LogP contribution >= 0.6 is 0 Å². The van der Waals surface area contributed by atoms with Crippen molar-refractivity contribution in [2.45, 2.75) is 33.2 Å².